The molecule has 0 N–H and O–H groups in total. The third-order valence-electron chi connectivity index (χ3n) is 1.34. The third kappa shape index (κ3) is 2.17. The molecule has 0 heterocycles. The zero-order chi connectivity index (χ0) is 8.97. The minimum absolute atomic E-state index is 0.231. The van der Waals surface area contributed by atoms with Gasteiger partial charge in [0.25, 0.3) is 0 Å². The van der Waals surface area contributed by atoms with Crippen LogP contribution in [0.1, 0.15) is 10.4 Å². The molecule has 0 aliphatic carbocycles. The third-order valence-corrected chi connectivity index (χ3v) is 1.47. The molecule has 0 amide bonds. The molecule has 0 bridgehead atoms. The van der Waals surface area contributed by atoms with Crippen LogP contribution in [0.4, 0.5) is 4.39 Å². The van der Waals surface area contributed by atoms with Gasteiger partial charge in [0.15, 0.2) is 5.78 Å². The molecule has 0 saturated heterocycles. The van der Waals surface area contributed by atoms with E-state index in [1.807, 2.05) is 0 Å². The Labute approximate surface area is 74.5 Å². The van der Waals surface area contributed by atoms with E-state index < -0.39 is 0 Å². The molecular formula is C9H6ClFO. The van der Waals surface area contributed by atoms with Crippen molar-refractivity contribution in [2.24, 2.45) is 0 Å². The first-order valence-electron chi connectivity index (χ1n) is 3.30. The van der Waals surface area contributed by atoms with Gasteiger partial charge >= 0.3 is 0 Å². The Bertz CT molecular complexity index is 303. The molecule has 1 aromatic rings. The molecule has 0 atom stereocenters. The van der Waals surface area contributed by atoms with Crippen LogP contribution in [0, 0.1) is 5.82 Å². The maximum absolute atomic E-state index is 12.4. The van der Waals surface area contributed by atoms with Crippen molar-refractivity contribution < 1.29 is 9.18 Å². The van der Waals surface area contributed by atoms with E-state index in [1.165, 1.54) is 30.3 Å². The van der Waals surface area contributed by atoms with Crippen LogP contribution < -0.4 is 0 Å². The summed E-state index contributed by atoms with van der Waals surface area (Å²) in [4.78, 5) is 11.1. The normalized spacial score (nSPS) is 10.5. The van der Waals surface area contributed by atoms with Gasteiger partial charge in [0.2, 0.25) is 0 Å². The molecular weight excluding hydrogens is 179 g/mol. The number of ketones is 1. The molecule has 1 rings (SSSR count). The van der Waals surface area contributed by atoms with E-state index in [9.17, 15) is 9.18 Å². The average molecular weight is 185 g/mol. The molecule has 62 valence electrons. The highest BCUT2D eigenvalue weighted by Crippen LogP contribution is 2.04. The van der Waals surface area contributed by atoms with E-state index in [4.69, 9.17) is 11.6 Å². The fourth-order valence-electron chi connectivity index (χ4n) is 0.768. The molecule has 3 heteroatoms. The van der Waals surface area contributed by atoms with Crippen LogP contribution >= 0.6 is 11.6 Å². The highest BCUT2D eigenvalue weighted by atomic mass is 35.5. The van der Waals surface area contributed by atoms with Gasteiger partial charge in [0, 0.05) is 11.1 Å². The summed E-state index contributed by atoms with van der Waals surface area (Å²) in [5, 5.41) is 0. The fraction of sp³-hybridized carbons (Fsp3) is 0. The van der Waals surface area contributed by atoms with Gasteiger partial charge in [-0.2, -0.15) is 0 Å². The lowest BCUT2D eigenvalue weighted by Gasteiger charge is -1.93. The van der Waals surface area contributed by atoms with Gasteiger partial charge in [-0.3, -0.25) is 4.79 Å². The molecule has 1 nitrogen and oxygen atoms in total. The minimum Gasteiger partial charge on any atom is -0.289 e. The van der Waals surface area contributed by atoms with E-state index >= 15 is 0 Å². The number of halogens is 2. The predicted octanol–water partition coefficient (Wildman–Crippen LogP) is 2.76. The first-order valence-corrected chi connectivity index (χ1v) is 3.74. The summed E-state index contributed by atoms with van der Waals surface area (Å²) in [5.74, 6) is -0.591. The second-order valence-corrected chi connectivity index (χ2v) is 2.42. The number of carbonyl (C=O) groups is 1. The lowest BCUT2D eigenvalue weighted by Crippen LogP contribution is -1.92. The first kappa shape index (κ1) is 8.94. The number of allylic oxidation sites excluding steroid dienone is 1. The monoisotopic (exact) mass is 184 g/mol. The topological polar surface area (TPSA) is 17.1 Å². The number of hydrogen-bond acceptors (Lipinski definition) is 1. The predicted molar refractivity (Wildman–Crippen MR) is 45.7 cm³/mol. The van der Waals surface area contributed by atoms with E-state index in [1.54, 1.807) is 0 Å². The fourth-order valence-corrected chi connectivity index (χ4v) is 0.882. The van der Waals surface area contributed by atoms with Gasteiger partial charge in [-0.1, -0.05) is 11.6 Å². The van der Waals surface area contributed by atoms with Crippen molar-refractivity contribution in [2.75, 3.05) is 0 Å². The van der Waals surface area contributed by atoms with Crippen molar-refractivity contribution in [1.29, 1.82) is 0 Å². The Kier molecular flexibility index (Phi) is 3.00. The van der Waals surface area contributed by atoms with Gasteiger partial charge in [-0.05, 0) is 30.3 Å². The zero-order valence-corrected chi connectivity index (χ0v) is 6.88. The van der Waals surface area contributed by atoms with Gasteiger partial charge in [-0.25, -0.2) is 4.39 Å². The molecule has 0 aromatic heterocycles. The number of rotatable bonds is 2. The van der Waals surface area contributed by atoms with Crippen LogP contribution in [0.25, 0.3) is 0 Å². The van der Waals surface area contributed by atoms with Crippen LogP contribution in [0.3, 0.4) is 0 Å². The standard InChI is InChI=1S/C9H6ClFO/c10-6-5-9(12)7-1-3-8(11)4-2-7/h1-6H. The van der Waals surface area contributed by atoms with Crippen LogP contribution in [0.5, 0.6) is 0 Å². The van der Waals surface area contributed by atoms with Crippen LogP contribution in [-0.4, -0.2) is 5.78 Å². The van der Waals surface area contributed by atoms with Crippen LogP contribution in [0.15, 0.2) is 35.9 Å². The van der Waals surface area contributed by atoms with E-state index in [0.29, 0.717) is 5.56 Å². The Morgan fingerprint density at radius 1 is 1.33 bits per heavy atom. The second kappa shape index (κ2) is 4.02. The molecule has 0 fully saturated rings. The Morgan fingerprint density at radius 3 is 2.42 bits per heavy atom. The van der Waals surface area contributed by atoms with Crippen molar-refractivity contribution in [3.8, 4) is 0 Å². The van der Waals surface area contributed by atoms with Crippen molar-refractivity contribution in [2.45, 2.75) is 0 Å². The van der Waals surface area contributed by atoms with E-state index in [-0.39, 0.29) is 11.6 Å². The molecule has 0 radical (unpaired) electrons. The molecule has 12 heavy (non-hydrogen) atoms. The quantitative estimate of drug-likeness (QED) is 0.510. The summed E-state index contributed by atoms with van der Waals surface area (Å²) in [5.41, 5.74) is 1.55. The average Bonchev–Trinajstić information content (AvgIpc) is 2.06. The summed E-state index contributed by atoms with van der Waals surface area (Å²) in [7, 11) is 0. The van der Waals surface area contributed by atoms with Crippen molar-refractivity contribution in [3.05, 3.63) is 47.3 Å². The molecule has 1 aromatic carbocycles. The number of benzene rings is 1. The van der Waals surface area contributed by atoms with Crippen molar-refractivity contribution in [3.63, 3.8) is 0 Å². The van der Waals surface area contributed by atoms with E-state index in [0.717, 1.165) is 5.54 Å². The molecule has 0 unspecified atom stereocenters. The van der Waals surface area contributed by atoms with Crippen molar-refractivity contribution >= 4 is 17.4 Å². The van der Waals surface area contributed by atoms with E-state index in [2.05, 4.69) is 0 Å². The lowest BCUT2D eigenvalue weighted by molar-refractivity contribution is 0.104. The van der Waals surface area contributed by atoms with Gasteiger partial charge < -0.3 is 0 Å². The smallest absolute Gasteiger partial charge is 0.186 e. The summed E-state index contributed by atoms with van der Waals surface area (Å²) in [6.07, 6.45) is 1.22. The van der Waals surface area contributed by atoms with Gasteiger partial charge in [-0.15, -0.1) is 0 Å². The van der Waals surface area contributed by atoms with Gasteiger partial charge in [0.1, 0.15) is 5.82 Å². The summed E-state index contributed by atoms with van der Waals surface area (Å²) < 4.78 is 12.4. The van der Waals surface area contributed by atoms with Crippen LogP contribution in [0.2, 0.25) is 0 Å². The zero-order valence-electron chi connectivity index (χ0n) is 6.13. The Hall–Kier alpha value is -1.15. The maximum Gasteiger partial charge on any atom is 0.186 e. The number of hydrogen-bond donors (Lipinski definition) is 0. The minimum atomic E-state index is -0.360. The SMILES string of the molecule is O=C(C=CCl)c1ccc(F)cc1. The lowest BCUT2D eigenvalue weighted by atomic mass is 10.1. The first-order chi connectivity index (χ1) is 5.74. The molecule has 0 aliphatic rings. The summed E-state index contributed by atoms with van der Waals surface area (Å²) >= 11 is 5.20. The molecule has 0 aliphatic heterocycles. The Morgan fingerprint density at radius 2 is 1.92 bits per heavy atom. The van der Waals surface area contributed by atoms with Gasteiger partial charge in [0.05, 0.1) is 0 Å². The summed E-state index contributed by atoms with van der Waals surface area (Å²) in [6.45, 7) is 0. The largest absolute Gasteiger partial charge is 0.289 e. The van der Waals surface area contributed by atoms with Crippen LogP contribution in [-0.2, 0) is 0 Å². The second-order valence-electron chi connectivity index (χ2n) is 2.16. The molecule has 0 saturated carbocycles. The number of carbonyl (C=O) groups excluding carboxylic acids is 1. The highest BCUT2D eigenvalue weighted by molar-refractivity contribution is 6.27. The van der Waals surface area contributed by atoms with Crippen molar-refractivity contribution in [1.82, 2.24) is 0 Å². The maximum atomic E-state index is 12.4. The Balaban J connectivity index is 2.90. The summed E-state index contributed by atoms with van der Waals surface area (Å²) in [6, 6.07) is 5.29. The molecule has 0 spiro atoms. The highest BCUT2D eigenvalue weighted by Gasteiger charge is 1.99.